The molecule has 0 unspecified atom stereocenters. The van der Waals surface area contributed by atoms with Crippen molar-refractivity contribution in [2.75, 3.05) is 19.0 Å². The summed E-state index contributed by atoms with van der Waals surface area (Å²) in [5, 5.41) is 6.87. The van der Waals surface area contributed by atoms with Gasteiger partial charge in [0.25, 0.3) is 0 Å². The summed E-state index contributed by atoms with van der Waals surface area (Å²) in [4.78, 5) is 12.2. The molecule has 0 aliphatic carbocycles. The second-order valence-electron chi connectivity index (χ2n) is 6.13. The number of hydrogen-bond acceptors (Lipinski definition) is 2. The number of carbonyl (C=O) groups is 1. The van der Waals surface area contributed by atoms with E-state index in [0.29, 0.717) is 6.54 Å². The highest BCUT2D eigenvalue weighted by molar-refractivity contribution is 5.94. The van der Waals surface area contributed by atoms with E-state index in [1.807, 2.05) is 41.9 Å². The third-order valence-electron chi connectivity index (χ3n) is 4.28. The van der Waals surface area contributed by atoms with E-state index in [1.165, 1.54) is 11.1 Å². The summed E-state index contributed by atoms with van der Waals surface area (Å²) in [6, 6.07) is 15.9. The Balaban J connectivity index is 1.61. The van der Waals surface area contributed by atoms with Crippen LogP contribution in [0.5, 0.6) is 5.75 Å². The normalized spacial score (nSPS) is 10.7. The summed E-state index contributed by atoms with van der Waals surface area (Å²) < 4.78 is 7.20. The third-order valence-corrected chi connectivity index (χ3v) is 4.28. The van der Waals surface area contributed by atoms with E-state index in [1.54, 1.807) is 7.11 Å². The van der Waals surface area contributed by atoms with Gasteiger partial charge in [-0.25, -0.2) is 4.79 Å². The molecule has 0 spiro atoms. The average Bonchev–Trinajstić information content (AvgIpc) is 2.90. The summed E-state index contributed by atoms with van der Waals surface area (Å²) in [5.74, 6) is 1.54. The van der Waals surface area contributed by atoms with Crippen LogP contribution in [0.4, 0.5) is 10.6 Å². The van der Waals surface area contributed by atoms with Crippen molar-refractivity contribution in [3.8, 4) is 5.75 Å². The van der Waals surface area contributed by atoms with Crippen LogP contribution < -0.4 is 15.4 Å². The first-order chi connectivity index (χ1) is 12.1. The summed E-state index contributed by atoms with van der Waals surface area (Å²) in [6.07, 6.45) is 0.807. The molecule has 25 heavy (non-hydrogen) atoms. The van der Waals surface area contributed by atoms with E-state index in [9.17, 15) is 4.79 Å². The van der Waals surface area contributed by atoms with Crippen LogP contribution in [0.15, 0.2) is 48.5 Å². The number of fused-ring (bicyclic) bond motifs is 1. The van der Waals surface area contributed by atoms with Crippen molar-refractivity contribution < 1.29 is 9.53 Å². The maximum atomic E-state index is 12.2. The molecule has 0 atom stereocenters. The quantitative estimate of drug-likeness (QED) is 0.743. The number of benzene rings is 2. The monoisotopic (exact) mass is 337 g/mol. The second kappa shape index (κ2) is 7.30. The number of urea groups is 1. The SMILES string of the molecule is COc1ccc2cc(NC(=O)NCCc3cccc(C)c3)n(C)c2c1. The van der Waals surface area contributed by atoms with E-state index in [4.69, 9.17) is 4.74 Å². The van der Waals surface area contributed by atoms with Crippen LogP contribution in [0.2, 0.25) is 0 Å². The topological polar surface area (TPSA) is 55.3 Å². The van der Waals surface area contributed by atoms with Gasteiger partial charge in [0.1, 0.15) is 11.6 Å². The largest absolute Gasteiger partial charge is 0.497 e. The van der Waals surface area contributed by atoms with Crippen molar-refractivity contribution in [3.63, 3.8) is 0 Å². The molecule has 2 N–H and O–H groups in total. The van der Waals surface area contributed by atoms with E-state index in [2.05, 4.69) is 35.8 Å². The molecule has 0 aliphatic rings. The lowest BCUT2D eigenvalue weighted by atomic mass is 10.1. The van der Waals surface area contributed by atoms with Crippen LogP contribution in [-0.4, -0.2) is 24.3 Å². The number of methoxy groups -OCH3 is 1. The zero-order chi connectivity index (χ0) is 17.8. The Morgan fingerprint density at radius 3 is 2.76 bits per heavy atom. The van der Waals surface area contributed by atoms with Gasteiger partial charge < -0.3 is 14.6 Å². The molecule has 130 valence electrons. The van der Waals surface area contributed by atoms with Crippen molar-refractivity contribution in [1.82, 2.24) is 9.88 Å². The van der Waals surface area contributed by atoms with Crippen LogP contribution in [0.25, 0.3) is 10.9 Å². The van der Waals surface area contributed by atoms with Crippen molar-refractivity contribution in [2.45, 2.75) is 13.3 Å². The van der Waals surface area contributed by atoms with Gasteiger partial charge in [-0.15, -0.1) is 0 Å². The van der Waals surface area contributed by atoms with E-state index < -0.39 is 0 Å². The maximum absolute atomic E-state index is 12.2. The number of rotatable bonds is 5. The Hall–Kier alpha value is -2.95. The molecule has 0 saturated heterocycles. The van der Waals surface area contributed by atoms with E-state index in [0.717, 1.165) is 28.9 Å². The van der Waals surface area contributed by atoms with Crippen molar-refractivity contribution in [1.29, 1.82) is 0 Å². The summed E-state index contributed by atoms with van der Waals surface area (Å²) >= 11 is 0. The van der Waals surface area contributed by atoms with Crippen molar-refractivity contribution >= 4 is 22.8 Å². The number of nitrogens with one attached hydrogen (secondary N) is 2. The van der Waals surface area contributed by atoms with E-state index >= 15 is 0 Å². The van der Waals surface area contributed by atoms with Crippen LogP contribution in [0.3, 0.4) is 0 Å². The maximum Gasteiger partial charge on any atom is 0.320 e. The minimum absolute atomic E-state index is 0.203. The number of nitrogens with zero attached hydrogens (tertiary/aromatic N) is 1. The first-order valence-electron chi connectivity index (χ1n) is 8.30. The fraction of sp³-hybridized carbons (Fsp3) is 0.250. The van der Waals surface area contributed by atoms with Gasteiger partial charge in [-0.3, -0.25) is 5.32 Å². The molecule has 3 aromatic rings. The summed E-state index contributed by atoms with van der Waals surface area (Å²) in [6.45, 7) is 2.66. The lowest BCUT2D eigenvalue weighted by molar-refractivity contribution is 0.252. The highest BCUT2D eigenvalue weighted by Gasteiger charge is 2.09. The fourth-order valence-electron chi connectivity index (χ4n) is 2.91. The average molecular weight is 337 g/mol. The van der Waals surface area contributed by atoms with Gasteiger partial charge in [0.15, 0.2) is 0 Å². The standard InChI is InChI=1S/C20H23N3O2/c1-14-5-4-6-15(11-14)9-10-21-20(24)22-19-12-16-7-8-17(25-3)13-18(16)23(19)2/h4-8,11-13H,9-10H2,1-3H3,(H2,21,22,24). The highest BCUT2D eigenvalue weighted by atomic mass is 16.5. The number of hydrogen-bond donors (Lipinski definition) is 2. The Kier molecular flexibility index (Phi) is 4.93. The number of anilines is 1. The van der Waals surface area contributed by atoms with Crippen LogP contribution >= 0.6 is 0 Å². The molecule has 0 bridgehead atoms. The smallest absolute Gasteiger partial charge is 0.320 e. The van der Waals surface area contributed by atoms with Crippen LogP contribution in [0, 0.1) is 6.92 Å². The molecule has 0 fully saturated rings. The minimum atomic E-state index is -0.203. The Morgan fingerprint density at radius 2 is 2.00 bits per heavy atom. The number of ether oxygens (including phenoxy) is 1. The fourth-order valence-corrected chi connectivity index (χ4v) is 2.91. The number of carbonyl (C=O) groups excluding carboxylic acids is 1. The zero-order valence-electron chi connectivity index (χ0n) is 14.8. The van der Waals surface area contributed by atoms with Gasteiger partial charge in [-0.05, 0) is 37.1 Å². The van der Waals surface area contributed by atoms with Crippen molar-refractivity contribution in [2.24, 2.45) is 7.05 Å². The van der Waals surface area contributed by atoms with Gasteiger partial charge in [0.05, 0.1) is 12.6 Å². The first kappa shape index (κ1) is 16.9. The molecular formula is C20H23N3O2. The Bertz CT molecular complexity index is 899. The molecule has 2 amide bonds. The molecule has 0 aliphatic heterocycles. The zero-order valence-corrected chi connectivity index (χ0v) is 14.8. The summed E-state index contributed by atoms with van der Waals surface area (Å²) in [7, 11) is 3.56. The first-order valence-corrected chi connectivity index (χ1v) is 8.30. The van der Waals surface area contributed by atoms with Gasteiger partial charge in [0.2, 0.25) is 0 Å². The van der Waals surface area contributed by atoms with Crippen molar-refractivity contribution in [3.05, 3.63) is 59.7 Å². The Labute approximate surface area is 147 Å². The minimum Gasteiger partial charge on any atom is -0.497 e. The predicted molar refractivity (Wildman–Crippen MR) is 101 cm³/mol. The van der Waals surface area contributed by atoms with E-state index in [-0.39, 0.29) is 6.03 Å². The van der Waals surface area contributed by atoms with Crippen LogP contribution in [-0.2, 0) is 13.5 Å². The molecule has 0 radical (unpaired) electrons. The van der Waals surface area contributed by atoms with Crippen LogP contribution in [0.1, 0.15) is 11.1 Å². The molecule has 5 nitrogen and oxygen atoms in total. The molecule has 5 heteroatoms. The lowest BCUT2D eigenvalue weighted by Crippen LogP contribution is -2.31. The van der Waals surface area contributed by atoms with Gasteiger partial charge in [-0.2, -0.15) is 0 Å². The molecule has 1 aromatic heterocycles. The molecule has 1 heterocycles. The Morgan fingerprint density at radius 1 is 1.16 bits per heavy atom. The molecular weight excluding hydrogens is 314 g/mol. The van der Waals surface area contributed by atoms with Gasteiger partial charge in [-0.1, -0.05) is 29.8 Å². The highest BCUT2D eigenvalue weighted by Crippen LogP contribution is 2.26. The number of amides is 2. The lowest BCUT2D eigenvalue weighted by Gasteiger charge is -2.09. The second-order valence-corrected chi connectivity index (χ2v) is 6.13. The molecule has 3 rings (SSSR count). The predicted octanol–water partition coefficient (Wildman–Crippen LogP) is 3.86. The van der Waals surface area contributed by atoms with Gasteiger partial charge in [0, 0.05) is 25.0 Å². The number of aryl methyl sites for hydroxylation is 2. The molecule has 2 aromatic carbocycles. The molecule has 0 saturated carbocycles. The summed E-state index contributed by atoms with van der Waals surface area (Å²) in [5.41, 5.74) is 3.46. The van der Waals surface area contributed by atoms with Gasteiger partial charge >= 0.3 is 6.03 Å². The number of aromatic nitrogens is 1. The third kappa shape index (κ3) is 3.94.